The molecule has 1 atom stereocenters. The van der Waals surface area contributed by atoms with Crippen molar-refractivity contribution < 1.29 is 4.79 Å². The number of thioether (sulfide) groups is 1. The highest BCUT2D eigenvalue weighted by Crippen LogP contribution is 2.24. The molecule has 0 aliphatic rings. The van der Waals surface area contributed by atoms with E-state index in [9.17, 15) is 9.59 Å². The topological polar surface area (TPSA) is 116 Å². The summed E-state index contributed by atoms with van der Waals surface area (Å²) in [5, 5.41) is 15.7. The molecule has 0 aliphatic carbocycles. The normalized spacial score (nSPS) is 11.8. The van der Waals surface area contributed by atoms with E-state index in [1.165, 1.54) is 28.7 Å². The third-order valence-electron chi connectivity index (χ3n) is 3.50. The molecule has 8 nitrogen and oxygen atoms in total. The van der Waals surface area contributed by atoms with Gasteiger partial charge in [-0.3, -0.25) is 14.3 Å². The summed E-state index contributed by atoms with van der Waals surface area (Å²) in [6.07, 6.45) is 3.53. The fourth-order valence-corrected chi connectivity index (χ4v) is 3.18. The van der Waals surface area contributed by atoms with Gasteiger partial charge in [0, 0.05) is 18.8 Å². The molecule has 0 aromatic carbocycles. The second-order valence-electron chi connectivity index (χ2n) is 5.44. The minimum Gasteiger partial charge on any atom is -0.309 e. The molecule has 2 aromatic rings. The number of anilines is 1. The summed E-state index contributed by atoms with van der Waals surface area (Å²) < 4.78 is 1.44. The number of carbonyl (C=O) groups is 1. The lowest BCUT2D eigenvalue weighted by Crippen LogP contribution is -2.26. The number of carbonyl (C=O) groups excluding carboxylic acids is 1. The van der Waals surface area contributed by atoms with Crippen LogP contribution in [0.15, 0.2) is 22.2 Å². The van der Waals surface area contributed by atoms with Gasteiger partial charge < -0.3 is 10.3 Å². The number of nitrogens with one attached hydrogen (secondary N) is 2. The molecule has 2 heterocycles. The quantitative estimate of drug-likeness (QED) is 0.575. The number of hydrogen-bond acceptors (Lipinski definition) is 6. The zero-order chi connectivity index (χ0) is 18.4. The standard InChI is InChI=1S/C16H20N6O2S/c1-4-6-11-7-13(23)20-16(19-11)25-12(5-2)15(24)21-14-10(8-17)9-18-22(14)3/h7,9,12H,4-6H2,1-3H3,(H,21,24)(H,19,20,23). The molecule has 2 aromatic heterocycles. The Morgan fingerprint density at radius 2 is 2.28 bits per heavy atom. The van der Waals surface area contributed by atoms with Crippen LogP contribution in [-0.4, -0.2) is 30.9 Å². The van der Waals surface area contributed by atoms with Crippen molar-refractivity contribution in [1.29, 1.82) is 5.26 Å². The lowest BCUT2D eigenvalue weighted by Gasteiger charge is -2.14. The van der Waals surface area contributed by atoms with E-state index in [0.29, 0.717) is 35.1 Å². The van der Waals surface area contributed by atoms with Gasteiger partial charge in [-0.25, -0.2) is 4.98 Å². The number of aromatic amines is 1. The lowest BCUT2D eigenvalue weighted by molar-refractivity contribution is -0.115. The van der Waals surface area contributed by atoms with Crippen molar-refractivity contribution in [2.75, 3.05) is 5.32 Å². The first-order valence-corrected chi connectivity index (χ1v) is 8.86. The van der Waals surface area contributed by atoms with E-state index in [1.54, 1.807) is 7.05 Å². The molecule has 132 valence electrons. The van der Waals surface area contributed by atoms with Crippen LogP contribution >= 0.6 is 11.8 Å². The average Bonchev–Trinajstić information content (AvgIpc) is 2.92. The fourth-order valence-electron chi connectivity index (χ4n) is 2.25. The predicted octanol–water partition coefficient (Wildman–Crippen LogP) is 1.84. The minimum absolute atomic E-state index is 0.227. The largest absolute Gasteiger partial charge is 0.309 e. The van der Waals surface area contributed by atoms with Gasteiger partial charge in [-0.05, 0) is 12.8 Å². The Balaban J connectivity index is 2.17. The van der Waals surface area contributed by atoms with Gasteiger partial charge >= 0.3 is 0 Å². The Morgan fingerprint density at radius 1 is 1.52 bits per heavy atom. The maximum absolute atomic E-state index is 12.6. The lowest BCUT2D eigenvalue weighted by atomic mass is 10.2. The molecule has 0 saturated heterocycles. The average molecular weight is 360 g/mol. The maximum Gasteiger partial charge on any atom is 0.251 e. The van der Waals surface area contributed by atoms with E-state index < -0.39 is 5.25 Å². The van der Waals surface area contributed by atoms with Crippen LogP contribution in [0.25, 0.3) is 0 Å². The van der Waals surface area contributed by atoms with Gasteiger partial charge in [-0.1, -0.05) is 32.0 Å². The van der Waals surface area contributed by atoms with Crippen molar-refractivity contribution in [2.24, 2.45) is 7.05 Å². The van der Waals surface area contributed by atoms with Crippen molar-refractivity contribution in [3.05, 3.63) is 33.9 Å². The highest BCUT2D eigenvalue weighted by Gasteiger charge is 2.22. The van der Waals surface area contributed by atoms with Crippen LogP contribution in [0.4, 0.5) is 5.82 Å². The van der Waals surface area contributed by atoms with Gasteiger partial charge in [-0.2, -0.15) is 10.4 Å². The first kappa shape index (κ1) is 18.7. The van der Waals surface area contributed by atoms with Gasteiger partial charge in [0.15, 0.2) is 5.16 Å². The van der Waals surface area contributed by atoms with E-state index in [-0.39, 0.29) is 11.5 Å². The molecule has 0 saturated carbocycles. The zero-order valence-corrected chi connectivity index (χ0v) is 15.2. The van der Waals surface area contributed by atoms with E-state index in [4.69, 9.17) is 5.26 Å². The first-order chi connectivity index (χ1) is 12.0. The number of nitriles is 1. The van der Waals surface area contributed by atoms with Crippen LogP contribution in [0.1, 0.15) is 37.9 Å². The van der Waals surface area contributed by atoms with Crippen LogP contribution in [-0.2, 0) is 18.3 Å². The summed E-state index contributed by atoms with van der Waals surface area (Å²) in [6.45, 7) is 3.89. The summed E-state index contributed by atoms with van der Waals surface area (Å²) in [7, 11) is 1.65. The Kier molecular flexibility index (Phi) is 6.36. The number of rotatable bonds is 7. The molecule has 25 heavy (non-hydrogen) atoms. The van der Waals surface area contributed by atoms with Crippen molar-refractivity contribution in [1.82, 2.24) is 19.7 Å². The number of H-pyrrole nitrogens is 1. The third-order valence-corrected chi connectivity index (χ3v) is 4.75. The Labute approximate surface area is 149 Å². The van der Waals surface area contributed by atoms with Gasteiger partial charge in [0.1, 0.15) is 17.5 Å². The number of nitrogens with zero attached hydrogens (tertiary/aromatic N) is 4. The van der Waals surface area contributed by atoms with Gasteiger partial charge in [0.05, 0.1) is 11.4 Å². The van der Waals surface area contributed by atoms with Crippen LogP contribution in [0, 0.1) is 11.3 Å². The number of hydrogen-bond donors (Lipinski definition) is 2. The first-order valence-electron chi connectivity index (χ1n) is 7.98. The summed E-state index contributed by atoms with van der Waals surface area (Å²) in [5.74, 6) is 0.0869. The van der Waals surface area contributed by atoms with E-state index >= 15 is 0 Å². The fraction of sp³-hybridized carbons (Fsp3) is 0.438. The molecule has 9 heteroatoms. The highest BCUT2D eigenvalue weighted by molar-refractivity contribution is 8.00. The summed E-state index contributed by atoms with van der Waals surface area (Å²) >= 11 is 1.20. The highest BCUT2D eigenvalue weighted by atomic mass is 32.2. The van der Waals surface area contributed by atoms with Gasteiger partial charge in [0.2, 0.25) is 5.91 Å². The molecule has 0 radical (unpaired) electrons. The van der Waals surface area contributed by atoms with E-state index in [2.05, 4.69) is 20.4 Å². The minimum atomic E-state index is -0.457. The molecule has 0 fully saturated rings. The van der Waals surface area contributed by atoms with Gasteiger partial charge in [0.25, 0.3) is 5.56 Å². The van der Waals surface area contributed by atoms with Crippen molar-refractivity contribution in [3.63, 3.8) is 0 Å². The molecule has 1 amide bonds. The van der Waals surface area contributed by atoms with Crippen molar-refractivity contribution >= 4 is 23.5 Å². The predicted molar refractivity (Wildman–Crippen MR) is 95.3 cm³/mol. The number of amides is 1. The smallest absolute Gasteiger partial charge is 0.251 e. The van der Waals surface area contributed by atoms with Crippen LogP contribution in [0.2, 0.25) is 0 Å². The summed E-state index contributed by atoms with van der Waals surface area (Å²) in [5.41, 5.74) is 0.782. The second-order valence-corrected chi connectivity index (χ2v) is 6.63. The van der Waals surface area contributed by atoms with Crippen LogP contribution < -0.4 is 10.9 Å². The van der Waals surface area contributed by atoms with E-state index in [0.717, 1.165) is 6.42 Å². The zero-order valence-electron chi connectivity index (χ0n) is 14.4. The second kappa shape index (κ2) is 8.48. The molecular formula is C16H20N6O2S. The van der Waals surface area contributed by atoms with Gasteiger partial charge in [-0.15, -0.1) is 0 Å². The SMILES string of the molecule is CCCc1cc(=O)[nH]c(SC(CC)C(=O)Nc2c(C#N)cnn2C)n1. The van der Waals surface area contributed by atoms with Crippen molar-refractivity contribution in [3.8, 4) is 6.07 Å². The molecule has 0 bridgehead atoms. The molecule has 0 spiro atoms. The molecule has 0 aliphatic heterocycles. The number of aromatic nitrogens is 4. The Hall–Kier alpha value is -2.60. The number of aryl methyl sites for hydroxylation is 2. The Morgan fingerprint density at radius 3 is 2.92 bits per heavy atom. The van der Waals surface area contributed by atoms with Crippen LogP contribution in [0.3, 0.4) is 0 Å². The third kappa shape index (κ3) is 4.70. The maximum atomic E-state index is 12.6. The molecule has 2 rings (SSSR count). The molecule has 2 N–H and O–H groups in total. The van der Waals surface area contributed by atoms with Crippen molar-refractivity contribution in [2.45, 2.75) is 43.5 Å². The van der Waals surface area contributed by atoms with E-state index in [1.807, 2.05) is 19.9 Å². The Bertz CT molecular complexity index is 851. The molecular weight excluding hydrogens is 340 g/mol. The summed E-state index contributed by atoms with van der Waals surface area (Å²) in [4.78, 5) is 31.4. The summed E-state index contributed by atoms with van der Waals surface area (Å²) in [6, 6.07) is 3.47. The molecule has 1 unspecified atom stereocenters. The van der Waals surface area contributed by atoms with Crippen LogP contribution in [0.5, 0.6) is 0 Å². The monoisotopic (exact) mass is 360 g/mol.